The fourth-order valence-corrected chi connectivity index (χ4v) is 2.31. The maximum absolute atomic E-state index is 11.2. The highest BCUT2D eigenvalue weighted by atomic mass is 16.1. The third-order valence-corrected chi connectivity index (χ3v) is 3.29. The van der Waals surface area contributed by atoms with Crippen LogP contribution in [0.5, 0.6) is 0 Å². The molecular formula is C13H19N3O. The van der Waals surface area contributed by atoms with Crippen molar-refractivity contribution in [3.05, 3.63) is 29.8 Å². The van der Waals surface area contributed by atoms with Gasteiger partial charge in [0, 0.05) is 18.8 Å². The Balaban J connectivity index is 1.94. The van der Waals surface area contributed by atoms with Gasteiger partial charge in [-0.3, -0.25) is 9.69 Å². The van der Waals surface area contributed by atoms with Crippen LogP contribution in [0.2, 0.25) is 0 Å². The third kappa shape index (κ3) is 3.20. The molecule has 0 radical (unpaired) electrons. The molecule has 0 aromatic heterocycles. The minimum absolute atomic E-state index is 0.0116. The largest absolute Gasteiger partial charge is 0.399 e. The van der Waals surface area contributed by atoms with E-state index in [1.807, 2.05) is 24.3 Å². The molecule has 1 amide bonds. The molecule has 17 heavy (non-hydrogen) atoms. The van der Waals surface area contributed by atoms with Crippen LogP contribution in [0.25, 0.3) is 0 Å². The highest BCUT2D eigenvalue weighted by molar-refractivity contribution is 5.76. The van der Waals surface area contributed by atoms with Gasteiger partial charge in [-0.15, -0.1) is 0 Å². The monoisotopic (exact) mass is 233 g/mol. The number of nitrogens with zero attached hydrogens (tertiary/aromatic N) is 1. The first kappa shape index (κ1) is 11.9. The van der Waals surface area contributed by atoms with Crippen LogP contribution in [0, 0.1) is 5.92 Å². The molecule has 1 aromatic rings. The van der Waals surface area contributed by atoms with Gasteiger partial charge >= 0.3 is 0 Å². The summed E-state index contributed by atoms with van der Waals surface area (Å²) >= 11 is 0. The van der Waals surface area contributed by atoms with Gasteiger partial charge in [-0.25, -0.2) is 0 Å². The number of rotatable bonds is 3. The Hall–Kier alpha value is -1.55. The van der Waals surface area contributed by atoms with Gasteiger partial charge in [0.25, 0.3) is 0 Å². The average Bonchev–Trinajstić information content (AvgIpc) is 2.32. The van der Waals surface area contributed by atoms with E-state index < -0.39 is 0 Å². The Kier molecular flexibility index (Phi) is 3.64. The zero-order chi connectivity index (χ0) is 12.3. The Morgan fingerprint density at radius 1 is 1.35 bits per heavy atom. The summed E-state index contributed by atoms with van der Waals surface area (Å²) in [5.74, 6) is -0.162. The molecule has 0 aliphatic carbocycles. The molecule has 0 spiro atoms. The number of piperidine rings is 1. The SMILES string of the molecule is NC(=O)[C@H]1CCCN(Cc2ccc(N)cc2)C1. The van der Waals surface area contributed by atoms with Crippen molar-refractivity contribution in [1.29, 1.82) is 0 Å². The quantitative estimate of drug-likeness (QED) is 0.764. The molecule has 0 unspecified atom stereocenters. The number of likely N-dealkylation sites (tertiary alicyclic amines) is 1. The number of benzene rings is 1. The van der Waals surface area contributed by atoms with Crippen LogP contribution < -0.4 is 11.5 Å². The van der Waals surface area contributed by atoms with E-state index in [-0.39, 0.29) is 11.8 Å². The van der Waals surface area contributed by atoms with Crippen molar-refractivity contribution in [1.82, 2.24) is 4.90 Å². The lowest BCUT2D eigenvalue weighted by atomic mass is 9.97. The summed E-state index contributed by atoms with van der Waals surface area (Å²) in [4.78, 5) is 13.5. The molecule has 1 saturated heterocycles. The van der Waals surface area contributed by atoms with Gasteiger partial charge in [0.15, 0.2) is 0 Å². The van der Waals surface area contributed by atoms with Gasteiger partial charge in [-0.05, 0) is 37.1 Å². The summed E-state index contributed by atoms with van der Waals surface area (Å²) < 4.78 is 0. The standard InChI is InChI=1S/C13H19N3O/c14-12-5-3-10(4-6-12)8-16-7-1-2-11(9-16)13(15)17/h3-6,11H,1-2,7-9,14H2,(H2,15,17)/t11-/m0/s1. The van der Waals surface area contributed by atoms with E-state index in [1.165, 1.54) is 5.56 Å². The molecule has 92 valence electrons. The van der Waals surface area contributed by atoms with Crippen LogP contribution in [0.4, 0.5) is 5.69 Å². The van der Waals surface area contributed by atoms with Crippen molar-refractivity contribution in [2.75, 3.05) is 18.8 Å². The van der Waals surface area contributed by atoms with E-state index in [2.05, 4.69) is 4.90 Å². The number of amides is 1. The van der Waals surface area contributed by atoms with Gasteiger partial charge in [-0.2, -0.15) is 0 Å². The second kappa shape index (κ2) is 5.19. The lowest BCUT2D eigenvalue weighted by Gasteiger charge is -2.31. The first-order valence-electron chi connectivity index (χ1n) is 6.01. The first-order chi connectivity index (χ1) is 8.15. The first-order valence-corrected chi connectivity index (χ1v) is 6.01. The topological polar surface area (TPSA) is 72.4 Å². The van der Waals surface area contributed by atoms with Crippen molar-refractivity contribution in [3.63, 3.8) is 0 Å². The maximum Gasteiger partial charge on any atom is 0.221 e. The fourth-order valence-electron chi connectivity index (χ4n) is 2.31. The lowest BCUT2D eigenvalue weighted by Crippen LogP contribution is -2.40. The summed E-state index contributed by atoms with van der Waals surface area (Å²) in [5, 5.41) is 0. The van der Waals surface area contributed by atoms with E-state index in [1.54, 1.807) is 0 Å². The van der Waals surface area contributed by atoms with Gasteiger partial charge < -0.3 is 11.5 Å². The summed E-state index contributed by atoms with van der Waals surface area (Å²) in [6.07, 6.45) is 1.97. The summed E-state index contributed by atoms with van der Waals surface area (Å²) in [6.45, 7) is 2.68. The van der Waals surface area contributed by atoms with E-state index in [0.717, 1.165) is 38.2 Å². The maximum atomic E-state index is 11.2. The van der Waals surface area contributed by atoms with Crippen molar-refractivity contribution >= 4 is 11.6 Å². The molecular weight excluding hydrogens is 214 g/mol. The third-order valence-electron chi connectivity index (χ3n) is 3.29. The Morgan fingerprint density at radius 2 is 2.06 bits per heavy atom. The van der Waals surface area contributed by atoms with Crippen LogP contribution >= 0.6 is 0 Å². The van der Waals surface area contributed by atoms with E-state index >= 15 is 0 Å². The van der Waals surface area contributed by atoms with E-state index in [9.17, 15) is 4.79 Å². The number of carbonyl (C=O) groups excluding carboxylic acids is 1. The van der Waals surface area contributed by atoms with Gasteiger partial charge in [0.1, 0.15) is 0 Å². The molecule has 1 aliphatic heterocycles. The molecule has 1 fully saturated rings. The summed E-state index contributed by atoms with van der Waals surface area (Å²) in [5.41, 5.74) is 13.0. The number of nitrogens with two attached hydrogens (primary N) is 2. The van der Waals surface area contributed by atoms with E-state index in [4.69, 9.17) is 11.5 Å². The number of nitrogen functional groups attached to an aromatic ring is 1. The molecule has 1 atom stereocenters. The number of carbonyl (C=O) groups is 1. The van der Waals surface area contributed by atoms with Gasteiger partial charge in [0.05, 0.1) is 5.92 Å². The Morgan fingerprint density at radius 3 is 2.71 bits per heavy atom. The molecule has 0 bridgehead atoms. The minimum atomic E-state index is -0.174. The average molecular weight is 233 g/mol. The van der Waals surface area contributed by atoms with Gasteiger partial charge in [-0.1, -0.05) is 12.1 Å². The van der Waals surface area contributed by atoms with Crippen molar-refractivity contribution in [3.8, 4) is 0 Å². The molecule has 4 heteroatoms. The van der Waals surface area contributed by atoms with Gasteiger partial charge in [0.2, 0.25) is 5.91 Å². The fraction of sp³-hybridized carbons (Fsp3) is 0.462. The van der Waals surface area contributed by atoms with Crippen molar-refractivity contribution in [2.24, 2.45) is 11.7 Å². The van der Waals surface area contributed by atoms with Crippen LogP contribution in [0.15, 0.2) is 24.3 Å². The number of hydrogen-bond acceptors (Lipinski definition) is 3. The highest BCUT2D eigenvalue weighted by Crippen LogP contribution is 2.18. The van der Waals surface area contributed by atoms with Crippen LogP contribution in [-0.2, 0) is 11.3 Å². The summed E-state index contributed by atoms with van der Waals surface area (Å²) in [6, 6.07) is 7.88. The van der Waals surface area contributed by atoms with Crippen LogP contribution in [0.1, 0.15) is 18.4 Å². The molecule has 1 aliphatic rings. The normalized spacial score (nSPS) is 21.3. The second-order valence-corrected chi connectivity index (χ2v) is 4.72. The molecule has 4 N–H and O–H groups in total. The Bertz CT molecular complexity index is 388. The Labute approximate surface area is 102 Å². The molecule has 4 nitrogen and oxygen atoms in total. The minimum Gasteiger partial charge on any atom is -0.399 e. The molecule has 1 aromatic carbocycles. The van der Waals surface area contributed by atoms with Crippen LogP contribution in [0.3, 0.4) is 0 Å². The lowest BCUT2D eigenvalue weighted by molar-refractivity contribution is -0.123. The zero-order valence-electron chi connectivity index (χ0n) is 9.93. The predicted molar refractivity (Wildman–Crippen MR) is 68.0 cm³/mol. The molecule has 1 heterocycles. The number of anilines is 1. The van der Waals surface area contributed by atoms with E-state index in [0.29, 0.717) is 0 Å². The smallest absolute Gasteiger partial charge is 0.221 e. The zero-order valence-corrected chi connectivity index (χ0v) is 9.93. The van der Waals surface area contributed by atoms with Crippen molar-refractivity contribution < 1.29 is 4.79 Å². The second-order valence-electron chi connectivity index (χ2n) is 4.72. The molecule has 0 saturated carbocycles. The summed E-state index contributed by atoms with van der Waals surface area (Å²) in [7, 11) is 0. The predicted octanol–water partition coefficient (Wildman–Crippen LogP) is 0.966. The highest BCUT2D eigenvalue weighted by Gasteiger charge is 2.23. The van der Waals surface area contributed by atoms with Crippen LogP contribution in [-0.4, -0.2) is 23.9 Å². The molecule has 2 rings (SSSR count). The van der Waals surface area contributed by atoms with Crippen molar-refractivity contribution in [2.45, 2.75) is 19.4 Å². The number of primary amides is 1. The number of hydrogen-bond donors (Lipinski definition) is 2.